The highest BCUT2D eigenvalue weighted by molar-refractivity contribution is 7.10. The molecule has 1 atom stereocenters. The van der Waals surface area contributed by atoms with Crippen LogP contribution in [0.4, 0.5) is 0 Å². The van der Waals surface area contributed by atoms with Crippen LogP contribution < -0.4 is 11.3 Å². The quantitative estimate of drug-likeness (QED) is 0.628. The smallest absolute Gasteiger partial charge is 0.0805 e. The molecule has 2 rings (SSSR count). The topological polar surface area (TPSA) is 38.0 Å². The first-order chi connectivity index (χ1) is 7.86. The Morgan fingerprint density at radius 3 is 2.69 bits per heavy atom. The molecule has 0 radical (unpaired) electrons. The molecular formula is C13H16N2S. The van der Waals surface area contributed by atoms with E-state index in [4.69, 9.17) is 5.84 Å². The van der Waals surface area contributed by atoms with Crippen molar-refractivity contribution in [1.29, 1.82) is 0 Å². The van der Waals surface area contributed by atoms with Crippen molar-refractivity contribution in [2.75, 3.05) is 0 Å². The van der Waals surface area contributed by atoms with E-state index in [1.165, 1.54) is 16.0 Å². The summed E-state index contributed by atoms with van der Waals surface area (Å²) in [6, 6.07) is 12.7. The number of hydrogen-bond acceptors (Lipinski definition) is 3. The number of hydrazine groups is 1. The molecule has 0 aliphatic carbocycles. The first kappa shape index (κ1) is 11.3. The molecule has 0 aliphatic rings. The van der Waals surface area contributed by atoms with Crippen LogP contribution in [0, 0.1) is 0 Å². The lowest BCUT2D eigenvalue weighted by Crippen LogP contribution is -2.28. The maximum absolute atomic E-state index is 5.68. The van der Waals surface area contributed by atoms with E-state index in [-0.39, 0.29) is 6.04 Å². The van der Waals surface area contributed by atoms with Crippen molar-refractivity contribution < 1.29 is 0 Å². The first-order valence-electron chi connectivity index (χ1n) is 5.44. The molecule has 16 heavy (non-hydrogen) atoms. The van der Waals surface area contributed by atoms with E-state index in [9.17, 15) is 0 Å². The minimum atomic E-state index is 0.108. The Bertz CT molecular complexity index is 437. The van der Waals surface area contributed by atoms with Crippen molar-refractivity contribution in [3.8, 4) is 0 Å². The Kier molecular flexibility index (Phi) is 3.72. The van der Waals surface area contributed by atoms with Gasteiger partial charge in [-0.2, -0.15) is 0 Å². The highest BCUT2D eigenvalue weighted by Gasteiger charge is 2.15. The molecule has 0 saturated carbocycles. The number of nitrogens with one attached hydrogen (secondary N) is 1. The van der Waals surface area contributed by atoms with Gasteiger partial charge < -0.3 is 0 Å². The van der Waals surface area contributed by atoms with Gasteiger partial charge in [-0.3, -0.25) is 5.84 Å². The number of benzene rings is 1. The second-order valence-electron chi connectivity index (χ2n) is 3.67. The van der Waals surface area contributed by atoms with E-state index >= 15 is 0 Å². The molecule has 0 bridgehead atoms. The van der Waals surface area contributed by atoms with Gasteiger partial charge in [-0.05, 0) is 29.0 Å². The summed E-state index contributed by atoms with van der Waals surface area (Å²) in [7, 11) is 0. The molecule has 0 amide bonds. The highest BCUT2D eigenvalue weighted by atomic mass is 32.1. The third-order valence-electron chi connectivity index (χ3n) is 2.74. The molecule has 2 aromatic rings. The molecule has 1 aromatic heterocycles. The maximum Gasteiger partial charge on any atom is 0.0805 e. The first-order valence-corrected chi connectivity index (χ1v) is 6.32. The van der Waals surface area contributed by atoms with Crippen LogP contribution in [0.25, 0.3) is 0 Å². The molecular weight excluding hydrogens is 216 g/mol. The van der Waals surface area contributed by atoms with E-state index in [1.807, 2.05) is 0 Å². The van der Waals surface area contributed by atoms with Crippen LogP contribution in [-0.4, -0.2) is 0 Å². The summed E-state index contributed by atoms with van der Waals surface area (Å²) in [6.07, 6.45) is 1.03. The number of hydrogen-bond donors (Lipinski definition) is 2. The van der Waals surface area contributed by atoms with Crippen molar-refractivity contribution in [1.82, 2.24) is 5.43 Å². The molecule has 1 unspecified atom stereocenters. The zero-order chi connectivity index (χ0) is 11.4. The molecule has 0 saturated heterocycles. The normalized spacial score (nSPS) is 12.6. The van der Waals surface area contributed by atoms with Crippen molar-refractivity contribution in [3.63, 3.8) is 0 Å². The average molecular weight is 232 g/mol. The Hall–Kier alpha value is -1.16. The number of nitrogens with two attached hydrogens (primary N) is 1. The average Bonchev–Trinajstić information content (AvgIpc) is 2.84. The van der Waals surface area contributed by atoms with E-state index in [0.29, 0.717) is 0 Å². The van der Waals surface area contributed by atoms with Gasteiger partial charge in [0.1, 0.15) is 0 Å². The van der Waals surface area contributed by atoms with Gasteiger partial charge in [0.25, 0.3) is 0 Å². The lowest BCUT2D eigenvalue weighted by atomic mass is 9.98. The van der Waals surface area contributed by atoms with Crippen LogP contribution in [0.15, 0.2) is 41.8 Å². The summed E-state index contributed by atoms with van der Waals surface area (Å²) in [4.78, 5) is 1.25. The fourth-order valence-electron chi connectivity index (χ4n) is 1.92. The van der Waals surface area contributed by atoms with Crippen LogP contribution in [0.3, 0.4) is 0 Å². The molecule has 3 heteroatoms. The van der Waals surface area contributed by atoms with Gasteiger partial charge in [0.05, 0.1) is 6.04 Å². The zero-order valence-corrected chi connectivity index (χ0v) is 10.1. The van der Waals surface area contributed by atoms with Gasteiger partial charge in [0, 0.05) is 4.88 Å². The number of rotatable bonds is 4. The van der Waals surface area contributed by atoms with E-state index in [1.54, 1.807) is 11.3 Å². The van der Waals surface area contributed by atoms with Gasteiger partial charge in [-0.25, -0.2) is 5.43 Å². The van der Waals surface area contributed by atoms with Gasteiger partial charge in [0.15, 0.2) is 0 Å². The van der Waals surface area contributed by atoms with Crippen LogP contribution in [0.5, 0.6) is 0 Å². The van der Waals surface area contributed by atoms with Crippen molar-refractivity contribution in [3.05, 3.63) is 57.8 Å². The molecule has 84 valence electrons. The fourth-order valence-corrected chi connectivity index (χ4v) is 2.72. The minimum absolute atomic E-state index is 0.108. The maximum atomic E-state index is 5.68. The second-order valence-corrected chi connectivity index (χ2v) is 4.65. The van der Waals surface area contributed by atoms with Gasteiger partial charge in [-0.15, -0.1) is 11.3 Å². The van der Waals surface area contributed by atoms with Gasteiger partial charge in [0.2, 0.25) is 0 Å². The van der Waals surface area contributed by atoms with Crippen LogP contribution in [-0.2, 0) is 6.42 Å². The lowest BCUT2D eigenvalue weighted by Gasteiger charge is -2.18. The number of thiophene rings is 1. The predicted molar refractivity (Wildman–Crippen MR) is 69.3 cm³/mol. The monoisotopic (exact) mass is 232 g/mol. The Balaban J connectivity index is 2.41. The lowest BCUT2D eigenvalue weighted by molar-refractivity contribution is 0.641. The van der Waals surface area contributed by atoms with E-state index in [0.717, 1.165) is 6.42 Å². The van der Waals surface area contributed by atoms with Crippen LogP contribution in [0.1, 0.15) is 29.0 Å². The fraction of sp³-hybridized carbons (Fsp3) is 0.231. The zero-order valence-electron chi connectivity index (χ0n) is 9.31. The number of aryl methyl sites for hydroxylation is 1. The van der Waals surface area contributed by atoms with Crippen molar-refractivity contribution in [2.24, 2.45) is 5.84 Å². The van der Waals surface area contributed by atoms with E-state index < -0.39 is 0 Å². The summed E-state index contributed by atoms with van der Waals surface area (Å²) in [6.45, 7) is 2.17. The third kappa shape index (κ3) is 2.16. The minimum Gasteiger partial charge on any atom is -0.271 e. The third-order valence-corrected chi connectivity index (χ3v) is 3.68. The summed E-state index contributed by atoms with van der Waals surface area (Å²) < 4.78 is 0. The van der Waals surface area contributed by atoms with E-state index in [2.05, 4.69) is 54.1 Å². The summed E-state index contributed by atoms with van der Waals surface area (Å²) in [5.41, 5.74) is 5.53. The standard InChI is InChI=1S/C13H16N2S/c1-2-10-6-3-4-7-11(10)13(15-14)12-8-5-9-16-12/h3-9,13,15H,2,14H2,1H3. The highest BCUT2D eigenvalue weighted by Crippen LogP contribution is 2.27. The molecule has 0 aliphatic heterocycles. The van der Waals surface area contributed by atoms with Crippen LogP contribution in [0.2, 0.25) is 0 Å². The Morgan fingerprint density at radius 2 is 2.06 bits per heavy atom. The summed E-state index contributed by atoms with van der Waals surface area (Å²) >= 11 is 1.73. The van der Waals surface area contributed by atoms with Gasteiger partial charge in [-0.1, -0.05) is 37.3 Å². The predicted octanol–water partition coefficient (Wildman–Crippen LogP) is 2.86. The molecule has 1 aromatic carbocycles. The molecule has 1 heterocycles. The summed E-state index contributed by atoms with van der Waals surface area (Å²) in [5.74, 6) is 5.68. The molecule has 3 N–H and O–H groups in total. The summed E-state index contributed by atoms with van der Waals surface area (Å²) in [5, 5.41) is 2.08. The second kappa shape index (κ2) is 5.25. The molecule has 2 nitrogen and oxygen atoms in total. The van der Waals surface area contributed by atoms with Gasteiger partial charge >= 0.3 is 0 Å². The largest absolute Gasteiger partial charge is 0.271 e. The molecule has 0 fully saturated rings. The molecule has 0 spiro atoms. The van der Waals surface area contributed by atoms with Crippen molar-refractivity contribution in [2.45, 2.75) is 19.4 Å². The van der Waals surface area contributed by atoms with Crippen molar-refractivity contribution >= 4 is 11.3 Å². The van der Waals surface area contributed by atoms with Crippen LogP contribution >= 0.6 is 11.3 Å². The Labute approximate surface area is 100 Å². The SMILES string of the molecule is CCc1ccccc1C(NN)c1cccs1. The Morgan fingerprint density at radius 1 is 1.25 bits per heavy atom.